The molecule has 0 amide bonds. The van der Waals surface area contributed by atoms with Crippen molar-refractivity contribution in [2.45, 2.75) is 29.3 Å². The van der Waals surface area contributed by atoms with Gasteiger partial charge in [0, 0.05) is 0 Å². The van der Waals surface area contributed by atoms with E-state index in [9.17, 15) is 5.11 Å². The smallest absolute Gasteiger partial charge is 0.129 e. The highest BCUT2D eigenvalue weighted by Gasteiger charge is 2.34. The highest BCUT2D eigenvalue weighted by molar-refractivity contribution is 14.1. The van der Waals surface area contributed by atoms with Gasteiger partial charge in [-0.15, -0.1) is 6.42 Å². The first-order valence-electron chi connectivity index (χ1n) is 3.54. The average molecular weight is 250 g/mol. The first-order valence-corrected chi connectivity index (χ1v) is 4.62. The lowest BCUT2D eigenvalue weighted by atomic mass is 9.87. The van der Waals surface area contributed by atoms with Crippen LogP contribution in [-0.2, 0) is 0 Å². The Morgan fingerprint density at radius 2 is 2.30 bits per heavy atom. The maximum atomic E-state index is 9.68. The summed E-state index contributed by atoms with van der Waals surface area (Å²) in [7, 11) is 0. The van der Waals surface area contributed by atoms with Gasteiger partial charge in [-0.05, 0) is 41.9 Å². The van der Waals surface area contributed by atoms with E-state index in [0.717, 1.165) is 19.3 Å². The number of halogens is 1. The number of aliphatic hydroxyl groups is 1. The van der Waals surface area contributed by atoms with Crippen LogP contribution in [0.15, 0.2) is 0 Å². The molecule has 0 radical (unpaired) electrons. The number of hydrogen-bond acceptors (Lipinski definition) is 1. The number of alkyl halides is 1. The van der Waals surface area contributed by atoms with E-state index >= 15 is 0 Å². The van der Waals surface area contributed by atoms with Crippen LogP contribution in [0.4, 0.5) is 0 Å². The average Bonchev–Trinajstić information content (AvgIpc) is 1.87. The Hall–Kier alpha value is 0.250. The van der Waals surface area contributed by atoms with Crippen LogP contribution in [0.1, 0.15) is 25.7 Å². The van der Waals surface area contributed by atoms with E-state index < -0.39 is 3.61 Å². The lowest BCUT2D eigenvalue weighted by molar-refractivity contribution is 0.0796. The molecule has 0 bridgehead atoms. The molecule has 0 aromatic rings. The van der Waals surface area contributed by atoms with Crippen LogP contribution in [0, 0.1) is 18.3 Å². The largest absolute Gasteiger partial charge is 0.378 e. The molecule has 1 N–H and O–H groups in total. The summed E-state index contributed by atoms with van der Waals surface area (Å²) in [5.74, 6) is 2.71. The first kappa shape index (κ1) is 8.35. The lowest BCUT2D eigenvalue weighted by Gasteiger charge is -2.31. The highest BCUT2D eigenvalue weighted by atomic mass is 127. The first-order chi connectivity index (χ1) is 4.67. The maximum Gasteiger partial charge on any atom is 0.129 e. The molecule has 1 aliphatic carbocycles. The topological polar surface area (TPSA) is 20.2 Å². The van der Waals surface area contributed by atoms with Crippen LogP contribution >= 0.6 is 22.6 Å². The minimum Gasteiger partial charge on any atom is -0.378 e. The second-order valence-electron chi connectivity index (χ2n) is 2.78. The molecule has 0 heterocycles. The van der Waals surface area contributed by atoms with Gasteiger partial charge in [-0.1, -0.05) is 12.3 Å². The van der Waals surface area contributed by atoms with E-state index in [-0.39, 0.29) is 5.92 Å². The lowest BCUT2D eigenvalue weighted by Crippen LogP contribution is -2.33. The predicted molar refractivity (Wildman–Crippen MR) is 49.8 cm³/mol. The fraction of sp³-hybridized carbons (Fsp3) is 0.750. The second-order valence-corrected chi connectivity index (χ2v) is 4.65. The molecule has 10 heavy (non-hydrogen) atoms. The van der Waals surface area contributed by atoms with Crippen molar-refractivity contribution in [1.29, 1.82) is 0 Å². The fourth-order valence-corrected chi connectivity index (χ4v) is 2.20. The Bertz CT molecular complexity index is 157. The summed E-state index contributed by atoms with van der Waals surface area (Å²) >= 11 is 2.07. The summed E-state index contributed by atoms with van der Waals surface area (Å²) in [6.45, 7) is 0. The molecule has 1 aliphatic rings. The zero-order valence-corrected chi connectivity index (χ0v) is 7.97. The number of rotatable bonds is 0. The van der Waals surface area contributed by atoms with Crippen LogP contribution in [-0.4, -0.2) is 8.71 Å². The van der Waals surface area contributed by atoms with Crippen molar-refractivity contribution in [3.63, 3.8) is 0 Å². The van der Waals surface area contributed by atoms with Gasteiger partial charge in [0.05, 0.1) is 5.92 Å². The fourth-order valence-electron chi connectivity index (χ4n) is 1.33. The number of hydrogen-bond donors (Lipinski definition) is 1. The van der Waals surface area contributed by atoms with Crippen molar-refractivity contribution in [3.8, 4) is 12.3 Å². The van der Waals surface area contributed by atoms with E-state index in [2.05, 4.69) is 28.5 Å². The Morgan fingerprint density at radius 3 is 2.70 bits per heavy atom. The van der Waals surface area contributed by atoms with Crippen LogP contribution in [0.3, 0.4) is 0 Å². The van der Waals surface area contributed by atoms with Crippen molar-refractivity contribution < 1.29 is 5.11 Å². The molecule has 2 heteroatoms. The van der Waals surface area contributed by atoms with Gasteiger partial charge in [-0.3, -0.25) is 0 Å². The number of terminal acetylenes is 1. The van der Waals surface area contributed by atoms with E-state index in [1.54, 1.807) is 0 Å². The summed E-state index contributed by atoms with van der Waals surface area (Å²) < 4.78 is -0.620. The van der Waals surface area contributed by atoms with Gasteiger partial charge in [0.25, 0.3) is 0 Å². The summed E-state index contributed by atoms with van der Waals surface area (Å²) in [5, 5.41) is 9.68. The molecular weight excluding hydrogens is 239 g/mol. The van der Waals surface area contributed by atoms with Gasteiger partial charge >= 0.3 is 0 Å². The zero-order valence-electron chi connectivity index (χ0n) is 5.81. The molecule has 1 nitrogen and oxygen atoms in total. The molecule has 1 fully saturated rings. The molecule has 1 rings (SSSR count). The predicted octanol–water partition coefficient (Wildman–Crippen LogP) is 1.93. The van der Waals surface area contributed by atoms with Gasteiger partial charge < -0.3 is 5.11 Å². The summed E-state index contributed by atoms with van der Waals surface area (Å²) in [6.07, 6.45) is 9.37. The van der Waals surface area contributed by atoms with E-state index in [4.69, 9.17) is 6.42 Å². The molecule has 0 aromatic heterocycles. The van der Waals surface area contributed by atoms with Crippen molar-refractivity contribution in [1.82, 2.24) is 0 Å². The zero-order chi connectivity index (χ0) is 7.61. The summed E-state index contributed by atoms with van der Waals surface area (Å²) in [6, 6.07) is 0. The van der Waals surface area contributed by atoms with Crippen molar-refractivity contribution in [2.24, 2.45) is 5.92 Å². The van der Waals surface area contributed by atoms with Crippen molar-refractivity contribution >= 4 is 22.6 Å². The van der Waals surface area contributed by atoms with Crippen LogP contribution in [0.2, 0.25) is 0 Å². The normalized spacial score (nSPS) is 40.7. The Labute approximate surface area is 75.3 Å². The summed E-state index contributed by atoms with van der Waals surface area (Å²) in [5.41, 5.74) is 0. The Kier molecular flexibility index (Phi) is 2.59. The molecule has 0 spiro atoms. The maximum absolute atomic E-state index is 9.68. The van der Waals surface area contributed by atoms with E-state index in [1.807, 2.05) is 0 Å². The van der Waals surface area contributed by atoms with E-state index in [1.165, 1.54) is 6.42 Å². The molecule has 56 valence electrons. The van der Waals surface area contributed by atoms with Gasteiger partial charge in [-0.2, -0.15) is 0 Å². The molecule has 0 aromatic carbocycles. The van der Waals surface area contributed by atoms with Gasteiger partial charge in [0.1, 0.15) is 3.61 Å². The molecule has 2 atom stereocenters. The van der Waals surface area contributed by atoms with Crippen LogP contribution < -0.4 is 0 Å². The van der Waals surface area contributed by atoms with Gasteiger partial charge in [0.2, 0.25) is 0 Å². The SMILES string of the molecule is C#CC1CCCCC1(O)I. The third kappa shape index (κ3) is 1.64. The molecule has 2 unspecified atom stereocenters. The van der Waals surface area contributed by atoms with E-state index in [0.29, 0.717) is 0 Å². The molecule has 0 aliphatic heterocycles. The van der Waals surface area contributed by atoms with Gasteiger partial charge in [-0.25, -0.2) is 0 Å². The standard InChI is InChI=1S/C8H11IO/c1-2-7-5-3-4-6-8(7,9)10/h1,7,10H,3-6H2. The second kappa shape index (κ2) is 3.10. The van der Waals surface area contributed by atoms with Crippen LogP contribution in [0.5, 0.6) is 0 Å². The Balaban J connectivity index is 2.62. The Morgan fingerprint density at radius 1 is 1.60 bits per heavy atom. The monoisotopic (exact) mass is 250 g/mol. The van der Waals surface area contributed by atoms with Gasteiger partial charge in [0.15, 0.2) is 0 Å². The minimum absolute atomic E-state index is 0.0712. The van der Waals surface area contributed by atoms with Crippen LogP contribution in [0.25, 0.3) is 0 Å². The molecule has 1 saturated carbocycles. The molecular formula is C8H11IO. The highest BCUT2D eigenvalue weighted by Crippen LogP contribution is 2.38. The van der Waals surface area contributed by atoms with Crippen molar-refractivity contribution in [2.75, 3.05) is 0 Å². The molecule has 0 saturated heterocycles. The van der Waals surface area contributed by atoms with Crippen molar-refractivity contribution in [3.05, 3.63) is 0 Å². The third-order valence-corrected chi connectivity index (χ3v) is 3.30. The third-order valence-electron chi connectivity index (χ3n) is 2.01. The minimum atomic E-state index is -0.620. The quantitative estimate of drug-likeness (QED) is 0.395. The summed E-state index contributed by atoms with van der Waals surface area (Å²) in [4.78, 5) is 0.